The van der Waals surface area contributed by atoms with Crippen LogP contribution in [0.25, 0.3) is 0 Å². The molecule has 1 aliphatic heterocycles. The van der Waals surface area contributed by atoms with Gasteiger partial charge in [0, 0.05) is 37.6 Å². The molecule has 1 unspecified atom stereocenters. The van der Waals surface area contributed by atoms with Crippen molar-refractivity contribution in [2.24, 2.45) is 0 Å². The van der Waals surface area contributed by atoms with Gasteiger partial charge in [-0.1, -0.05) is 0 Å². The second-order valence-corrected chi connectivity index (χ2v) is 5.50. The van der Waals surface area contributed by atoms with Crippen LogP contribution in [-0.4, -0.2) is 30.0 Å². The molecule has 1 heterocycles. The van der Waals surface area contributed by atoms with Gasteiger partial charge in [0.1, 0.15) is 12.4 Å². The number of ether oxygens (including phenoxy) is 1. The molecule has 5 nitrogen and oxygen atoms in total. The summed E-state index contributed by atoms with van der Waals surface area (Å²) in [6.45, 7) is 0.342. The number of non-ortho nitro benzene ring substituents is 1. The minimum Gasteiger partial charge on any atom is -0.491 e. The molecule has 0 radical (unpaired) electrons. The van der Waals surface area contributed by atoms with E-state index in [0.29, 0.717) is 10.2 Å². The fourth-order valence-corrected chi connectivity index (χ4v) is 2.50. The van der Waals surface area contributed by atoms with Crippen molar-refractivity contribution >= 4 is 21.6 Å². The minimum absolute atomic E-state index is 0.0634. The third-order valence-corrected chi connectivity index (χ3v) is 3.65. The Morgan fingerprint density at radius 3 is 2.90 bits per heavy atom. The van der Waals surface area contributed by atoms with E-state index in [0.717, 1.165) is 0 Å². The number of hydrogen-bond acceptors (Lipinski definition) is 4. The predicted octanol–water partition coefficient (Wildman–Crippen LogP) is 3.12. The molecule has 0 spiro atoms. The summed E-state index contributed by atoms with van der Waals surface area (Å²) in [6.07, 6.45) is -0.428. The molecule has 1 fully saturated rings. The number of piperidine rings is 1. The Balaban J connectivity index is 1.95. The van der Waals surface area contributed by atoms with Gasteiger partial charge in [0.25, 0.3) is 11.6 Å². The molecule has 1 aromatic carbocycles. The van der Waals surface area contributed by atoms with Gasteiger partial charge in [0.15, 0.2) is 0 Å². The first-order valence-corrected chi connectivity index (χ1v) is 6.85. The van der Waals surface area contributed by atoms with E-state index in [2.05, 4.69) is 21.2 Å². The van der Waals surface area contributed by atoms with E-state index in [-0.39, 0.29) is 31.7 Å². The highest BCUT2D eigenvalue weighted by Crippen LogP contribution is 2.31. The molecule has 0 aliphatic carbocycles. The van der Waals surface area contributed by atoms with Crippen LogP contribution >= 0.6 is 15.9 Å². The molecular formula is C12H13BrF2N2O3. The van der Waals surface area contributed by atoms with Gasteiger partial charge in [-0.15, -0.1) is 0 Å². The van der Waals surface area contributed by atoms with E-state index in [1.165, 1.54) is 18.2 Å². The summed E-state index contributed by atoms with van der Waals surface area (Å²) in [7, 11) is 0. The maximum atomic E-state index is 13.2. The molecule has 2 rings (SSSR count). The van der Waals surface area contributed by atoms with Crippen LogP contribution in [0.1, 0.15) is 12.8 Å². The number of nitro benzene ring substituents is 1. The van der Waals surface area contributed by atoms with Crippen molar-refractivity contribution in [2.45, 2.75) is 24.8 Å². The first-order chi connectivity index (χ1) is 9.37. The highest BCUT2D eigenvalue weighted by Gasteiger charge is 2.36. The van der Waals surface area contributed by atoms with Gasteiger partial charge in [-0.3, -0.25) is 10.1 Å². The minimum atomic E-state index is -2.66. The van der Waals surface area contributed by atoms with Gasteiger partial charge in [0.05, 0.1) is 9.40 Å². The lowest BCUT2D eigenvalue weighted by Crippen LogP contribution is -2.46. The summed E-state index contributed by atoms with van der Waals surface area (Å²) in [4.78, 5) is 10.1. The Bertz CT molecular complexity index is 513. The van der Waals surface area contributed by atoms with Crippen molar-refractivity contribution in [3.63, 3.8) is 0 Å². The molecule has 0 bridgehead atoms. The maximum Gasteiger partial charge on any atom is 0.270 e. The van der Waals surface area contributed by atoms with E-state index in [1.54, 1.807) is 0 Å². The molecule has 1 atom stereocenters. The predicted molar refractivity (Wildman–Crippen MR) is 72.3 cm³/mol. The number of halogens is 3. The summed E-state index contributed by atoms with van der Waals surface area (Å²) in [5, 5.41) is 13.6. The Labute approximate surface area is 122 Å². The fraction of sp³-hybridized carbons (Fsp3) is 0.500. The monoisotopic (exact) mass is 350 g/mol. The van der Waals surface area contributed by atoms with Crippen molar-refractivity contribution in [2.75, 3.05) is 13.2 Å². The Hall–Kier alpha value is -1.28. The van der Waals surface area contributed by atoms with Crippen molar-refractivity contribution in [3.8, 4) is 5.75 Å². The molecule has 0 amide bonds. The zero-order chi connectivity index (χ0) is 14.8. The van der Waals surface area contributed by atoms with E-state index < -0.39 is 16.9 Å². The van der Waals surface area contributed by atoms with Crippen LogP contribution < -0.4 is 10.1 Å². The average molecular weight is 351 g/mol. The summed E-state index contributed by atoms with van der Waals surface area (Å²) in [5.41, 5.74) is -0.0634. The van der Waals surface area contributed by atoms with Crippen LogP contribution in [0, 0.1) is 10.1 Å². The van der Waals surface area contributed by atoms with Gasteiger partial charge in [-0.05, 0) is 22.0 Å². The molecule has 1 N–H and O–H groups in total. The lowest BCUT2D eigenvalue weighted by molar-refractivity contribution is -0.385. The van der Waals surface area contributed by atoms with Crippen molar-refractivity contribution < 1.29 is 18.4 Å². The van der Waals surface area contributed by atoms with Crippen LogP contribution in [0.4, 0.5) is 14.5 Å². The van der Waals surface area contributed by atoms with Gasteiger partial charge in [0.2, 0.25) is 0 Å². The summed E-state index contributed by atoms with van der Waals surface area (Å²) in [5.74, 6) is -2.27. The van der Waals surface area contributed by atoms with E-state index in [9.17, 15) is 18.9 Å². The third kappa shape index (κ3) is 3.86. The third-order valence-electron chi connectivity index (χ3n) is 3.04. The maximum absolute atomic E-state index is 13.2. The number of rotatable bonds is 4. The second-order valence-electron chi connectivity index (χ2n) is 4.64. The average Bonchev–Trinajstić information content (AvgIpc) is 2.36. The topological polar surface area (TPSA) is 64.4 Å². The Morgan fingerprint density at radius 2 is 2.30 bits per heavy atom. The highest BCUT2D eigenvalue weighted by atomic mass is 79.9. The largest absolute Gasteiger partial charge is 0.491 e. The van der Waals surface area contributed by atoms with Crippen LogP contribution in [0.2, 0.25) is 0 Å². The van der Waals surface area contributed by atoms with E-state index in [1.807, 2.05) is 0 Å². The molecule has 1 saturated heterocycles. The van der Waals surface area contributed by atoms with E-state index in [4.69, 9.17) is 4.74 Å². The van der Waals surface area contributed by atoms with Gasteiger partial charge >= 0.3 is 0 Å². The second kappa shape index (κ2) is 6.01. The molecule has 1 aliphatic rings. The van der Waals surface area contributed by atoms with Crippen LogP contribution in [0.3, 0.4) is 0 Å². The number of alkyl halides is 2. The van der Waals surface area contributed by atoms with Crippen LogP contribution in [-0.2, 0) is 0 Å². The molecule has 1 aromatic rings. The van der Waals surface area contributed by atoms with Crippen LogP contribution in [0.15, 0.2) is 22.7 Å². The highest BCUT2D eigenvalue weighted by molar-refractivity contribution is 9.10. The number of nitro groups is 1. The van der Waals surface area contributed by atoms with Gasteiger partial charge in [-0.25, -0.2) is 8.78 Å². The molecule has 8 heteroatoms. The smallest absolute Gasteiger partial charge is 0.270 e. The Morgan fingerprint density at radius 1 is 1.55 bits per heavy atom. The summed E-state index contributed by atoms with van der Waals surface area (Å²) < 4.78 is 32.3. The van der Waals surface area contributed by atoms with E-state index >= 15 is 0 Å². The lowest BCUT2D eigenvalue weighted by atomic mass is 10.0. The number of nitrogens with zero attached hydrogens (tertiary/aromatic N) is 1. The number of nitrogens with one attached hydrogen (secondary N) is 1. The molecular weight excluding hydrogens is 338 g/mol. The normalized spacial score (nSPS) is 21.4. The molecule has 20 heavy (non-hydrogen) atoms. The van der Waals surface area contributed by atoms with Gasteiger partial charge < -0.3 is 10.1 Å². The Kier molecular flexibility index (Phi) is 4.54. The van der Waals surface area contributed by atoms with Crippen molar-refractivity contribution in [3.05, 3.63) is 32.8 Å². The zero-order valence-corrected chi connectivity index (χ0v) is 12.0. The summed E-state index contributed by atoms with van der Waals surface area (Å²) >= 11 is 3.16. The molecule has 110 valence electrons. The van der Waals surface area contributed by atoms with Gasteiger partial charge in [-0.2, -0.15) is 0 Å². The SMILES string of the molecule is O=[N+]([O-])c1ccc(OCC2CC(F)(F)CCN2)c(Br)c1. The van der Waals surface area contributed by atoms with Crippen molar-refractivity contribution in [1.29, 1.82) is 0 Å². The molecule has 0 saturated carbocycles. The molecule has 0 aromatic heterocycles. The lowest BCUT2D eigenvalue weighted by Gasteiger charge is -2.30. The van der Waals surface area contributed by atoms with Crippen LogP contribution in [0.5, 0.6) is 5.75 Å². The zero-order valence-electron chi connectivity index (χ0n) is 10.4. The quantitative estimate of drug-likeness (QED) is 0.669. The summed E-state index contributed by atoms with van der Waals surface area (Å²) in [6, 6.07) is 3.64. The van der Waals surface area contributed by atoms with Crippen molar-refractivity contribution in [1.82, 2.24) is 5.32 Å². The number of benzene rings is 1. The first kappa shape index (κ1) is 15.1. The first-order valence-electron chi connectivity index (χ1n) is 6.05. The standard InChI is InChI=1S/C12H13BrF2N2O3/c13-10-5-9(17(18)19)1-2-11(10)20-7-8-6-12(14,15)3-4-16-8/h1-2,5,8,16H,3-4,6-7H2. The fourth-order valence-electron chi connectivity index (χ4n) is 2.02. The number of hydrogen-bond donors (Lipinski definition) is 1.